The molecule has 1 aromatic rings. The summed E-state index contributed by atoms with van der Waals surface area (Å²) in [5.41, 5.74) is 0. The lowest BCUT2D eigenvalue weighted by Crippen LogP contribution is -2.47. The fourth-order valence-electron chi connectivity index (χ4n) is 2.32. The molecule has 19 heavy (non-hydrogen) atoms. The highest BCUT2D eigenvalue weighted by molar-refractivity contribution is 5.76. The Balaban J connectivity index is 1.73. The van der Waals surface area contributed by atoms with Gasteiger partial charge >= 0.3 is 0 Å². The average molecular weight is 268 g/mol. The minimum atomic E-state index is -0.496. The highest BCUT2D eigenvalue weighted by Crippen LogP contribution is 2.17. The molecule has 1 aliphatic rings. The third kappa shape index (κ3) is 3.74. The van der Waals surface area contributed by atoms with Crippen LogP contribution >= 0.6 is 0 Å². The van der Waals surface area contributed by atoms with Gasteiger partial charge in [0.1, 0.15) is 12.7 Å². The van der Waals surface area contributed by atoms with Crippen LogP contribution < -0.4 is 0 Å². The molecule has 2 rings (SSSR count). The molecule has 2 heterocycles. The normalized spacial score (nSPS) is 23.6. The van der Waals surface area contributed by atoms with Gasteiger partial charge in [-0.25, -0.2) is 4.98 Å². The standard InChI is InChI=1S/C12H20N4O3/c17-7-10-6-15(5-3-11(10)18)12(19)2-1-4-16-9-13-8-14-16/h8-11,17-18H,1-7H2/t10-,11-/m0/s1. The summed E-state index contributed by atoms with van der Waals surface area (Å²) in [6.45, 7) is 1.61. The third-order valence-corrected chi connectivity index (χ3v) is 3.53. The Morgan fingerprint density at radius 1 is 1.47 bits per heavy atom. The second-order valence-electron chi connectivity index (χ2n) is 4.90. The number of aliphatic hydroxyl groups is 2. The third-order valence-electron chi connectivity index (χ3n) is 3.53. The predicted molar refractivity (Wildman–Crippen MR) is 67.0 cm³/mol. The summed E-state index contributed by atoms with van der Waals surface area (Å²) in [6.07, 6.45) is 4.31. The Labute approximate surface area is 111 Å². The average Bonchev–Trinajstić information content (AvgIpc) is 2.92. The van der Waals surface area contributed by atoms with Crippen LogP contribution in [0.3, 0.4) is 0 Å². The topological polar surface area (TPSA) is 91.5 Å². The minimum Gasteiger partial charge on any atom is -0.396 e. The number of aliphatic hydroxyl groups excluding tert-OH is 2. The maximum absolute atomic E-state index is 12.0. The first-order valence-corrected chi connectivity index (χ1v) is 6.60. The van der Waals surface area contributed by atoms with E-state index >= 15 is 0 Å². The van der Waals surface area contributed by atoms with Crippen LogP contribution in [0, 0.1) is 5.92 Å². The molecule has 0 radical (unpaired) electrons. The molecule has 1 aromatic heterocycles. The number of carbonyl (C=O) groups is 1. The number of aromatic nitrogens is 3. The molecule has 0 spiro atoms. The van der Waals surface area contributed by atoms with E-state index in [2.05, 4.69) is 10.1 Å². The molecule has 2 atom stereocenters. The lowest BCUT2D eigenvalue weighted by atomic mass is 9.95. The van der Waals surface area contributed by atoms with Crippen LogP contribution in [0.5, 0.6) is 0 Å². The van der Waals surface area contributed by atoms with Crippen molar-refractivity contribution >= 4 is 5.91 Å². The summed E-state index contributed by atoms with van der Waals surface area (Å²) in [5, 5.41) is 22.8. The van der Waals surface area contributed by atoms with Gasteiger partial charge in [-0.05, 0) is 12.8 Å². The van der Waals surface area contributed by atoms with Gasteiger partial charge in [0.05, 0.1) is 12.7 Å². The van der Waals surface area contributed by atoms with Crippen molar-refractivity contribution in [1.29, 1.82) is 0 Å². The van der Waals surface area contributed by atoms with E-state index in [1.165, 1.54) is 6.33 Å². The highest BCUT2D eigenvalue weighted by Gasteiger charge is 2.29. The molecule has 2 N–H and O–H groups in total. The van der Waals surface area contributed by atoms with Crippen LogP contribution in [0.2, 0.25) is 0 Å². The van der Waals surface area contributed by atoms with E-state index in [1.807, 2.05) is 0 Å². The molecule has 1 saturated heterocycles. The quantitative estimate of drug-likeness (QED) is 0.734. The number of likely N-dealkylation sites (tertiary alicyclic amines) is 1. The van der Waals surface area contributed by atoms with Gasteiger partial charge in [-0.3, -0.25) is 9.48 Å². The Bertz CT molecular complexity index is 396. The largest absolute Gasteiger partial charge is 0.396 e. The SMILES string of the molecule is O=C(CCCn1cncn1)N1CC[C@H](O)[C@H](CO)C1. The van der Waals surface area contributed by atoms with Crippen LogP contribution in [0.1, 0.15) is 19.3 Å². The molecule has 1 aliphatic heterocycles. The van der Waals surface area contributed by atoms with Crippen LogP contribution in [0.15, 0.2) is 12.7 Å². The van der Waals surface area contributed by atoms with Gasteiger partial charge in [0.2, 0.25) is 5.91 Å². The molecular weight excluding hydrogens is 248 g/mol. The zero-order valence-corrected chi connectivity index (χ0v) is 10.9. The molecule has 0 unspecified atom stereocenters. The van der Waals surface area contributed by atoms with E-state index < -0.39 is 6.10 Å². The maximum atomic E-state index is 12.0. The molecule has 1 fully saturated rings. The lowest BCUT2D eigenvalue weighted by Gasteiger charge is -2.35. The summed E-state index contributed by atoms with van der Waals surface area (Å²) in [5.74, 6) is -0.140. The zero-order chi connectivity index (χ0) is 13.7. The number of nitrogens with zero attached hydrogens (tertiary/aromatic N) is 4. The Morgan fingerprint density at radius 3 is 3.00 bits per heavy atom. The van der Waals surface area contributed by atoms with E-state index in [0.717, 1.165) is 0 Å². The molecule has 0 aliphatic carbocycles. The number of amides is 1. The molecular formula is C12H20N4O3. The molecule has 0 aromatic carbocycles. The first kappa shape index (κ1) is 14.0. The number of aryl methyl sites for hydroxylation is 1. The molecule has 106 valence electrons. The first-order chi connectivity index (χ1) is 9.20. The van der Waals surface area contributed by atoms with Crippen molar-refractivity contribution in [2.75, 3.05) is 19.7 Å². The minimum absolute atomic E-state index is 0.0745. The van der Waals surface area contributed by atoms with Gasteiger partial charge in [-0.2, -0.15) is 5.10 Å². The van der Waals surface area contributed by atoms with Crippen molar-refractivity contribution in [3.63, 3.8) is 0 Å². The molecule has 7 heteroatoms. The van der Waals surface area contributed by atoms with Crippen LogP contribution in [-0.4, -0.2) is 61.6 Å². The number of rotatable bonds is 5. The summed E-state index contributed by atoms with van der Waals surface area (Å²) in [7, 11) is 0. The van der Waals surface area contributed by atoms with Crippen LogP contribution in [-0.2, 0) is 11.3 Å². The van der Waals surface area contributed by atoms with E-state index in [-0.39, 0.29) is 18.4 Å². The summed E-state index contributed by atoms with van der Waals surface area (Å²) < 4.78 is 1.70. The summed E-state index contributed by atoms with van der Waals surface area (Å²) in [4.78, 5) is 17.6. The van der Waals surface area contributed by atoms with Gasteiger partial charge in [0, 0.05) is 32.0 Å². The van der Waals surface area contributed by atoms with Crippen molar-refractivity contribution in [2.24, 2.45) is 5.92 Å². The fraction of sp³-hybridized carbons (Fsp3) is 0.750. The van der Waals surface area contributed by atoms with Crippen molar-refractivity contribution < 1.29 is 15.0 Å². The van der Waals surface area contributed by atoms with Crippen molar-refractivity contribution in [1.82, 2.24) is 19.7 Å². The van der Waals surface area contributed by atoms with Gasteiger partial charge in [-0.15, -0.1) is 0 Å². The molecule has 0 saturated carbocycles. The second-order valence-corrected chi connectivity index (χ2v) is 4.90. The van der Waals surface area contributed by atoms with E-state index in [9.17, 15) is 9.90 Å². The smallest absolute Gasteiger partial charge is 0.222 e. The number of hydrogen-bond acceptors (Lipinski definition) is 5. The molecule has 1 amide bonds. The molecule has 7 nitrogen and oxygen atoms in total. The van der Waals surface area contributed by atoms with E-state index in [1.54, 1.807) is 15.9 Å². The Kier molecular flexibility index (Phi) is 4.86. The van der Waals surface area contributed by atoms with Gasteiger partial charge < -0.3 is 15.1 Å². The fourth-order valence-corrected chi connectivity index (χ4v) is 2.32. The number of piperidine rings is 1. The summed E-state index contributed by atoms with van der Waals surface area (Å²) in [6, 6.07) is 0. The number of hydrogen-bond donors (Lipinski definition) is 2. The first-order valence-electron chi connectivity index (χ1n) is 6.60. The van der Waals surface area contributed by atoms with E-state index in [4.69, 9.17) is 5.11 Å². The second kappa shape index (κ2) is 6.63. The highest BCUT2D eigenvalue weighted by atomic mass is 16.3. The van der Waals surface area contributed by atoms with Gasteiger partial charge in [0.15, 0.2) is 0 Å². The van der Waals surface area contributed by atoms with Gasteiger partial charge in [-0.1, -0.05) is 0 Å². The Morgan fingerprint density at radius 2 is 2.32 bits per heavy atom. The zero-order valence-electron chi connectivity index (χ0n) is 10.9. The Hall–Kier alpha value is -1.47. The summed E-state index contributed by atoms with van der Waals surface area (Å²) >= 11 is 0. The van der Waals surface area contributed by atoms with Crippen LogP contribution in [0.25, 0.3) is 0 Å². The maximum Gasteiger partial charge on any atom is 0.222 e. The number of carbonyl (C=O) groups excluding carboxylic acids is 1. The predicted octanol–water partition coefficient (Wildman–Crippen LogP) is -0.740. The van der Waals surface area contributed by atoms with Gasteiger partial charge in [0.25, 0.3) is 0 Å². The van der Waals surface area contributed by atoms with Crippen molar-refractivity contribution in [2.45, 2.75) is 31.9 Å². The molecule has 0 bridgehead atoms. The van der Waals surface area contributed by atoms with Crippen LogP contribution in [0.4, 0.5) is 0 Å². The monoisotopic (exact) mass is 268 g/mol. The lowest BCUT2D eigenvalue weighted by molar-refractivity contribution is -0.135. The van der Waals surface area contributed by atoms with Crippen molar-refractivity contribution in [3.8, 4) is 0 Å². The van der Waals surface area contributed by atoms with Crippen molar-refractivity contribution in [3.05, 3.63) is 12.7 Å². The van der Waals surface area contributed by atoms with E-state index in [0.29, 0.717) is 38.9 Å².